The standard InChI is InChI=1S/C16H18BrNO.C16H17NO.2CH4/c1-11-3-6-13(7-4-11)15(18)10-19-16-9-12(2)5-8-14(16)17;1-11-3-6-13(7-4-11)15-10-18-16-9-12(2)5-8-14(16)17-15;;/h3-9,15H,10,18H2,1-2H3;3-9,15,17H,10H2,1-2H3;2*1H4/t2*15-;;/m00../s1. The highest BCUT2D eigenvalue weighted by Gasteiger charge is 2.20. The van der Waals surface area contributed by atoms with Gasteiger partial charge in [0.25, 0.3) is 0 Å². The Morgan fingerprint density at radius 1 is 0.821 bits per heavy atom. The van der Waals surface area contributed by atoms with Crippen LogP contribution in [0.2, 0.25) is 0 Å². The lowest BCUT2D eigenvalue weighted by Crippen LogP contribution is -2.23. The Morgan fingerprint density at radius 3 is 2.05 bits per heavy atom. The van der Waals surface area contributed by atoms with E-state index in [2.05, 4.69) is 109 Å². The third-order valence-corrected chi connectivity index (χ3v) is 7.02. The van der Waals surface area contributed by atoms with E-state index in [4.69, 9.17) is 15.2 Å². The maximum Gasteiger partial charge on any atom is 0.142 e. The maximum absolute atomic E-state index is 6.14. The van der Waals surface area contributed by atoms with Crippen molar-refractivity contribution in [2.75, 3.05) is 18.5 Å². The summed E-state index contributed by atoms with van der Waals surface area (Å²) in [6.45, 7) is 9.43. The molecule has 0 aromatic heterocycles. The van der Waals surface area contributed by atoms with E-state index in [1.54, 1.807) is 0 Å². The van der Waals surface area contributed by atoms with E-state index < -0.39 is 0 Å². The number of hydrogen-bond donors (Lipinski definition) is 2. The molecule has 2 atom stereocenters. The first-order valence-electron chi connectivity index (χ1n) is 12.6. The van der Waals surface area contributed by atoms with Gasteiger partial charge in [-0.15, -0.1) is 0 Å². The molecule has 0 saturated heterocycles. The quantitative estimate of drug-likeness (QED) is 0.243. The SMILES string of the molecule is C.C.Cc1ccc([C@@H](N)COc2cc(C)ccc2Br)cc1.Cc1ccc([C@@H]2COc3cc(C)ccc3N2)cc1. The number of anilines is 1. The molecule has 4 aromatic carbocycles. The molecule has 0 amide bonds. The fourth-order valence-corrected chi connectivity index (χ4v) is 4.42. The van der Waals surface area contributed by atoms with Crippen molar-refractivity contribution in [2.45, 2.75) is 54.6 Å². The Bertz CT molecular complexity index is 1320. The number of benzene rings is 4. The molecule has 0 saturated carbocycles. The van der Waals surface area contributed by atoms with E-state index in [0.717, 1.165) is 27.2 Å². The average molecular weight is 592 g/mol. The van der Waals surface area contributed by atoms with E-state index >= 15 is 0 Å². The minimum absolute atomic E-state index is 0. The number of rotatable bonds is 5. The lowest BCUT2D eigenvalue weighted by Gasteiger charge is -2.28. The number of aryl methyl sites for hydroxylation is 4. The van der Waals surface area contributed by atoms with Gasteiger partial charge in [-0.3, -0.25) is 0 Å². The number of halogens is 1. The fourth-order valence-electron chi connectivity index (χ4n) is 4.06. The molecular weight excluding hydrogens is 548 g/mol. The Kier molecular flexibility index (Phi) is 12.1. The molecule has 39 heavy (non-hydrogen) atoms. The van der Waals surface area contributed by atoms with E-state index in [1.807, 2.05) is 25.1 Å². The van der Waals surface area contributed by atoms with Gasteiger partial charge in [-0.1, -0.05) is 86.6 Å². The zero-order chi connectivity index (χ0) is 26.4. The number of fused-ring (bicyclic) bond motifs is 1. The van der Waals surface area contributed by atoms with Crippen LogP contribution >= 0.6 is 15.9 Å². The van der Waals surface area contributed by atoms with Crippen LogP contribution in [0.1, 0.15) is 60.3 Å². The lowest BCUT2D eigenvalue weighted by molar-refractivity contribution is 0.286. The molecule has 5 heteroatoms. The Hall–Kier alpha value is -3.28. The summed E-state index contributed by atoms with van der Waals surface area (Å²) in [4.78, 5) is 0. The van der Waals surface area contributed by atoms with Gasteiger partial charge in [0.05, 0.1) is 22.2 Å². The van der Waals surface area contributed by atoms with Crippen LogP contribution in [0.15, 0.2) is 89.4 Å². The minimum Gasteiger partial charge on any atom is -0.490 e. The summed E-state index contributed by atoms with van der Waals surface area (Å²) in [5, 5.41) is 3.53. The molecule has 1 aliphatic heterocycles. The highest BCUT2D eigenvalue weighted by Crippen LogP contribution is 2.34. The van der Waals surface area contributed by atoms with E-state index in [0.29, 0.717) is 13.2 Å². The van der Waals surface area contributed by atoms with Gasteiger partial charge in [0, 0.05) is 0 Å². The van der Waals surface area contributed by atoms with Gasteiger partial charge >= 0.3 is 0 Å². The Balaban J connectivity index is 0.000000260. The molecule has 4 nitrogen and oxygen atoms in total. The molecule has 208 valence electrons. The van der Waals surface area contributed by atoms with Crippen molar-refractivity contribution in [3.05, 3.63) is 123 Å². The zero-order valence-corrected chi connectivity index (χ0v) is 23.5. The molecule has 0 fully saturated rings. The van der Waals surface area contributed by atoms with Crippen molar-refractivity contribution in [1.29, 1.82) is 0 Å². The van der Waals surface area contributed by atoms with Crippen LogP contribution in [-0.2, 0) is 0 Å². The second-order valence-electron chi connectivity index (χ2n) is 9.68. The summed E-state index contributed by atoms with van der Waals surface area (Å²) >= 11 is 3.48. The maximum atomic E-state index is 6.14. The van der Waals surface area contributed by atoms with Gasteiger partial charge in [0.15, 0.2) is 0 Å². The first-order chi connectivity index (χ1) is 17.8. The van der Waals surface area contributed by atoms with Crippen LogP contribution in [0.4, 0.5) is 5.69 Å². The predicted molar refractivity (Wildman–Crippen MR) is 170 cm³/mol. The highest BCUT2D eigenvalue weighted by atomic mass is 79.9. The smallest absolute Gasteiger partial charge is 0.142 e. The number of nitrogens with two attached hydrogens (primary N) is 1. The van der Waals surface area contributed by atoms with Gasteiger partial charge in [-0.05, 0) is 90.1 Å². The van der Waals surface area contributed by atoms with Crippen molar-refractivity contribution in [3.8, 4) is 11.5 Å². The highest BCUT2D eigenvalue weighted by molar-refractivity contribution is 9.10. The van der Waals surface area contributed by atoms with Crippen molar-refractivity contribution in [1.82, 2.24) is 0 Å². The second kappa shape index (κ2) is 14.8. The minimum atomic E-state index is -0.118. The van der Waals surface area contributed by atoms with Crippen molar-refractivity contribution in [2.24, 2.45) is 5.73 Å². The molecule has 0 bridgehead atoms. The van der Waals surface area contributed by atoms with Gasteiger partial charge in [0.1, 0.15) is 24.7 Å². The molecule has 0 radical (unpaired) electrons. The third kappa shape index (κ3) is 8.87. The van der Waals surface area contributed by atoms with Crippen molar-refractivity contribution >= 4 is 21.6 Å². The summed E-state index contributed by atoms with van der Waals surface area (Å²) in [7, 11) is 0. The summed E-state index contributed by atoms with van der Waals surface area (Å²) in [5.74, 6) is 1.79. The van der Waals surface area contributed by atoms with Gasteiger partial charge in [-0.2, -0.15) is 0 Å². The van der Waals surface area contributed by atoms with Crippen LogP contribution in [0.25, 0.3) is 0 Å². The molecule has 5 rings (SSSR count). The molecule has 0 unspecified atom stereocenters. The predicted octanol–water partition coefficient (Wildman–Crippen LogP) is 9.27. The van der Waals surface area contributed by atoms with Crippen LogP contribution < -0.4 is 20.5 Å². The summed E-state index contributed by atoms with van der Waals surface area (Å²) < 4.78 is 12.6. The molecule has 3 N–H and O–H groups in total. The van der Waals surface area contributed by atoms with Crippen LogP contribution in [0.5, 0.6) is 11.5 Å². The summed E-state index contributed by atoms with van der Waals surface area (Å²) in [6.07, 6.45) is 0. The van der Waals surface area contributed by atoms with Crippen LogP contribution in [0, 0.1) is 27.7 Å². The summed E-state index contributed by atoms with van der Waals surface area (Å²) in [5.41, 5.74) is 14.5. The largest absolute Gasteiger partial charge is 0.490 e. The van der Waals surface area contributed by atoms with Gasteiger partial charge < -0.3 is 20.5 Å². The lowest BCUT2D eigenvalue weighted by atomic mass is 10.0. The monoisotopic (exact) mass is 590 g/mol. The van der Waals surface area contributed by atoms with Gasteiger partial charge in [0.2, 0.25) is 0 Å². The Labute approximate surface area is 243 Å². The normalized spacial score (nSPS) is 14.1. The molecule has 4 aromatic rings. The summed E-state index contributed by atoms with van der Waals surface area (Å²) in [6, 6.07) is 29.3. The molecule has 0 aliphatic carbocycles. The van der Waals surface area contributed by atoms with Gasteiger partial charge in [-0.25, -0.2) is 0 Å². The topological polar surface area (TPSA) is 56.5 Å². The molecule has 0 spiro atoms. The second-order valence-corrected chi connectivity index (χ2v) is 10.5. The first-order valence-corrected chi connectivity index (χ1v) is 13.4. The first kappa shape index (κ1) is 31.9. The van der Waals surface area contributed by atoms with Crippen molar-refractivity contribution < 1.29 is 9.47 Å². The molecule has 1 aliphatic rings. The van der Waals surface area contributed by atoms with E-state index in [-0.39, 0.29) is 26.9 Å². The molecule has 1 heterocycles. The van der Waals surface area contributed by atoms with Crippen LogP contribution in [0.3, 0.4) is 0 Å². The zero-order valence-electron chi connectivity index (χ0n) is 21.9. The fraction of sp³-hybridized carbons (Fsp3) is 0.294. The average Bonchev–Trinajstić information content (AvgIpc) is 2.90. The number of hydrogen-bond acceptors (Lipinski definition) is 4. The number of nitrogens with one attached hydrogen (secondary N) is 1. The number of ether oxygens (including phenoxy) is 2. The molecular formula is C34H43BrN2O2. The van der Waals surface area contributed by atoms with Crippen LogP contribution in [-0.4, -0.2) is 13.2 Å². The van der Waals surface area contributed by atoms with E-state index in [1.165, 1.54) is 27.8 Å². The third-order valence-electron chi connectivity index (χ3n) is 6.36. The van der Waals surface area contributed by atoms with Crippen molar-refractivity contribution in [3.63, 3.8) is 0 Å². The Morgan fingerprint density at radius 2 is 1.38 bits per heavy atom. The van der Waals surface area contributed by atoms with E-state index in [9.17, 15) is 0 Å².